The van der Waals surface area contributed by atoms with E-state index >= 15 is 0 Å². The number of hydrogen-bond donors (Lipinski definition) is 0. The molecule has 4 rings (SSSR count). The summed E-state index contributed by atoms with van der Waals surface area (Å²) < 4.78 is 11.3. The van der Waals surface area contributed by atoms with E-state index in [1.54, 1.807) is 6.07 Å². The summed E-state index contributed by atoms with van der Waals surface area (Å²) >= 11 is 0. The van der Waals surface area contributed by atoms with Crippen molar-refractivity contribution in [1.82, 2.24) is 10.1 Å². The maximum Gasteiger partial charge on any atom is 0.289 e. The largest absolute Gasteiger partial charge is 0.456 e. The third kappa shape index (κ3) is 5.89. The number of fused-ring (bicyclic) bond motifs is 1. The Morgan fingerprint density at radius 2 is 1.69 bits per heavy atom. The molecule has 1 aromatic carbocycles. The van der Waals surface area contributed by atoms with E-state index in [0.29, 0.717) is 37.6 Å². The molecule has 192 valence electrons. The van der Waals surface area contributed by atoms with Crippen molar-refractivity contribution in [2.75, 3.05) is 18.0 Å². The van der Waals surface area contributed by atoms with Crippen molar-refractivity contribution in [3.05, 3.63) is 70.5 Å². The third-order valence-corrected chi connectivity index (χ3v) is 6.91. The fraction of sp³-hybridized carbons (Fsp3) is 0.483. The van der Waals surface area contributed by atoms with E-state index in [0.717, 1.165) is 60.4 Å². The molecule has 3 aromatic rings. The minimum Gasteiger partial charge on any atom is -0.456 e. The number of hydrogen-bond acceptors (Lipinski definition) is 5. The van der Waals surface area contributed by atoms with Crippen LogP contribution in [-0.2, 0) is 17.8 Å². The molecule has 0 fully saturated rings. The van der Waals surface area contributed by atoms with Crippen LogP contribution in [0.1, 0.15) is 84.8 Å². The maximum absolute atomic E-state index is 13.6. The average molecular weight is 492 g/mol. The molecule has 7 heteroatoms. The summed E-state index contributed by atoms with van der Waals surface area (Å²) in [5.74, 6) is 1.69. The Hall–Kier alpha value is -3.35. The van der Waals surface area contributed by atoms with E-state index in [-0.39, 0.29) is 17.7 Å². The highest BCUT2D eigenvalue weighted by Gasteiger charge is 2.25. The van der Waals surface area contributed by atoms with Crippen molar-refractivity contribution in [3.63, 3.8) is 0 Å². The summed E-state index contributed by atoms with van der Waals surface area (Å²) in [6.07, 6.45) is 5.67. The molecule has 2 amide bonds. The van der Waals surface area contributed by atoms with Crippen molar-refractivity contribution in [3.8, 4) is 0 Å². The zero-order valence-electron chi connectivity index (χ0n) is 21.9. The van der Waals surface area contributed by atoms with Gasteiger partial charge in [0.1, 0.15) is 11.5 Å². The number of benzene rings is 1. The summed E-state index contributed by atoms with van der Waals surface area (Å²) in [7, 11) is 0. The molecule has 3 heterocycles. The number of furan rings is 1. The number of para-hydroxylation sites is 1. The van der Waals surface area contributed by atoms with Crippen LogP contribution < -0.4 is 4.90 Å². The van der Waals surface area contributed by atoms with E-state index in [4.69, 9.17) is 8.94 Å². The summed E-state index contributed by atoms with van der Waals surface area (Å²) in [6, 6.07) is 11.6. The molecule has 1 aliphatic rings. The fourth-order valence-electron chi connectivity index (χ4n) is 4.80. The minimum atomic E-state index is -0.131. The molecule has 2 aromatic heterocycles. The van der Waals surface area contributed by atoms with E-state index in [1.807, 2.05) is 67.8 Å². The Labute approximate surface area is 213 Å². The van der Waals surface area contributed by atoms with Crippen LogP contribution in [0.25, 0.3) is 0 Å². The number of aryl methyl sites for hydroxylation is 2. The molecule has 0 N–H and O–H groups in total. The lowest BCUT2D eigenvalue weighted by Gasteiger charge is -2.30. The van der Waals surface area contributed by atoms with Gasteiger partial charge < -0.3 is 18.7 Å². The second kappa shape index (κ2) is 11.6. The molecule has 0 bridgehead atoms. The van der Waals surface area contributed by atoms with Crippen LogP contribution in [-0.4, -0.2) is 35.0 Å². The molecule has 0 aliphatic carbocycles. The van der Waals surface area contributed by atoms with Crippen LogP contribution in [0, 0.1) is 19.8 Å². The zero-order valence-corrected chi connectivity index (χ0v) is 21.9. The van der Waals surface area contributed by atoms with Crippen LogP contribution in [0.5, 0.6) is 0 Å². The molecule has 7 nitrogen and oxygen atoms in total. The van der Waals surface area contributed by atoms with Gasteiger partial charge in [-0.1, -0.05) is 56.5 Å². The van der Waals surface area contributed by atoms with Crippen LogP contribution in [0.4, 0.5) is 5.69 Å². The molecule has 0 saturated heterocycles. The first-order valence-electron chi connectivity index (χ1n) is 13.0. The van der Waals surface area contributed by atoms with E-state index in [9.17, 15) is 9.59 Å². The molecule has 36 heavy (non-hydrogen) atoms. The maximum atomic E-state index is 13.6. The minimum absolute atomic E-state index is 0.0945. The summed E-state index contributed by atoms with van der Waals surface area (Å²) in [6.45, 7) is 9.43. The van der Waals surface area contributed by atoms with Crippen molar-refractivity contribution >= 4 is 17.5 Å². The Balaban J connectivity index is 1.60. The van der Waals surface area contributed by atoms with Crippen molar-refractivity contribution in [2.24, 2.45) is 5.92 Å². The number of rotatable bonds is 4. The molecule has 0 unspecified atom stereocenters. The first-order valence-corrected chi connectivity index (χ1v) is 13.0. The van der Waals surface area contributed by atoms with Crippen LogP contribution in [0.2, 0.25) is 0 Å². The molecule has 0 atom stereocenters. The lowest BCUT2D eigenvalue weighted by molar-refractivity contribution is -0.121. The molecular weight excluding hydrogens is 454 g/mol. The van der Waals surface area contributed by atoms with Gasteiger partial charge in [0.25, 0.3) is 5.91 Å². The highest BCUT2D eigenvalue weighted by atomic mass is 16.5. The van der Waals surface area contributed by atoms with E-state index in [1.165, 1.54) is 0 Å². The number of carbonyl (C=O) groups is 2. The van der Waals surface area contributed by atoms with E-state index < -0.39 is 0 Å². The third-order valence-electron chi connectivity index (χ3n) is 6.91. The van der Waals surface area contributed by atoms with Crippen LogP contribution >= 0.6 is 0 Å². The van der Waals surface area contributed by atoms with Crippen molar-refractivity contribution in [2.45, 2.75) is 72.8 Å². The number of carbonyl (C=O) groups excluding carboxylic acids is 2. The Morgan fingerprint density at radius 1 is 0.972 bits per heavy atom. The Kier molecular flexibility index (Phi) is 8.28. The first-order chi connectivity index (χ1) is 17.3. The second-order valence-electron chi connectivity index (χ2n) is 10.0. The zero-order chi connectivity index (χ0) is 25.7. The van der Waals surface area contributed by atoms with Gasteiger partial charge in [-0.15, -0.1) is 0 Å². The van der Waals surface area contributed by atoms with Crippen LogP contribution in [0.15, 0.2) is 45.3 Å². The smallest absolute Gasteiger partial charge is 0.289 e. The van der Waals surface area contributed by atoms with Gasteiger partial charge in [-0.3, -0.25) is 9.59 Å². The molecule has 0 radical (unpaired) electrons. The monoisotopic (exact) mass is 491 g/mol. The SMILES string of the molecule is Cc1noc(C)c1Cc1ccc(C(=O)N2CCCCCCCN(C(=O)C(C)C)c3ccccc3C2)o1. The average Bonchev–Trinajstić information content (AvgIpc) is 3.46. The lowest BCUT2D eigenvalue weighted by Crippen LogP contribution is -2.37. The topological polar surface area (TPSA) is 79.8 Å². The summed E-state index contributed by atoms with van der Waals surface area (Å²) in [5, 5.41) is 4.01. The first kappa shape index (κ1) is 25.7. The van der Waals surface area contributed by atoms with Gasteiger partial charge in [0, 0.05) is 43.2 Å². The molecule has 0 saturated carbocycles. The fourth-order valence-corrected chi connectivity index (χ4v) is 4.80. The number of amides is 2. The van der Waals surface area contributed by atoms with Gasteiger partial charge >= 0.3 is 0 Å². The van der Waals surface area contributed by atoms with Gasteiger partial charge in [0.2, 0.25) is 5.91 Å². The molecule has 0 spiro atoms. The second-order valence-corrected chi connectivity index (χ2v) is 10.0. The lowest BCUT2D eigenvalue weighted by atomic mass is 10.1. The van der Waals surface area contributed by atoms with Gasteiger partial charge in [-0.2, -0.15) is 0 Å². The predicted molar refractivity (Wildman–Crippen MR) is 139 cm³/mol. The number of nitrogens with zero attached hydrogens (tertiary/aromatic N) is 3. The normalized spacial score (nSPS) is 15.4. The van der Waals surface area contributed by atoms with Gasteiger partial charge in [-0.05, 0) is 50.5 Å². The van der Waals surface area contributed by atoms with Gasteiger partial charge in [-0.25, -0.2) is 0 Å². The van der Waals surface area contributed by atoms with Gasteiger partial charge in [0.05, 0.1) is 5.69 Å². The summed E-state index contributed by atoms with van der Waals surface area (Å²) in [5.41, 5.74) is 3.69. The van der Waals surface area contributed by atoms with Crippen molar-refractivity contribution < 1.29 is 18.5 Å². The van der Waals surface area contributed by atoms with E-state index in [2.05, 4.69) is 5.16 Å². The standard InChI is InChI=1S/C29H37N3O4/c1-20(2)28(33)32-17-11-7-5-6-10-16-31(19-23-12-8-9-13-26(23)32)29(34)27-15-14-24(35-27)18-25-21(3)30-36-22(25)4/h8-9,12-15,20H,5-7,10-11,16-19H2,1-4H3. The molecular formula is C29H37N3O4. The molecule has 1 aliphatic heterocycles. The highest BCUT2D eigenvalue weighted by Crippen LogP contribution is 2.27. The number of anilines is 1. The summed E-state index contributed by atoms with van der Waals surface area (Å²) in [4.78, 5) is 30.5. The predicted octanol–water partition coefficient (Wildman–Crippen LogP) is 6.07. The van der Waals surface area contributed by atoms with Gasteiger partial charge in [0.15, 0.2) is 5.76 Å². The Morgan fingerprint density at radius 3 is 2.42 bits per heavy atom. The number of aromatic nitrogens is 1. The highest BCUT2D eigenvalue weighted by molar-refractivity contribution is 5.95. The Bertz CT molecular complexity index is 1170. The van der Waals surface area contributed by atoms with Crippen molar-refractivity contribution in [1.29, 1.82) is 0 Å². The quantitative estimate of drug-likeness (QED) is 0.442. The van der Waals surface area contributed by atoms with Crippen LogP contribution in [0.3, 0.4) is 0 Å².